The summed E-state index contributed by atoms with van der Waals surface area (Å²) in [5.41, 5.74) is 7.29. The first-order valence-corrected chi connectivity index (χ1v) is 4.71. The Kier molecular flexibility index (Phi) is 2.47. The first-order valence-electron chi connectivity index (χ1n) is 4.71. The second-order valence-electron chi connectivity index (χ2n) is 3.43. The summed E-state index contributed by atoms with van der Waals surface area (Å²) in [6.07, 6.45) is 0. The van der Waals surface area contributed by atoms with E-state index in [1.807, 2.05) is 30.3 Å². The van der Waals surface area contributed by atoms with Crippen molar-refractivity contribution >= 4 is 16.5 Å². The van der Waals surface area contributed by atoms with Gasteiger partial charge in [0.1, 0.15) is 5.75 Å². The lowest BCUT2D eigenvalue weighted by Gasteiger charge is -2.07. The summed E-state index contributed by atoms with van der Waals surface area (Å²) in [5.74, 6) is 0.680. The van der Waals surface area contributed by atoms with Gasteiger partial charge in [-0.3, -0.25) is 0 Å². The molecule has 0 heterocycles. The minimum Gasteiger partial charge on any atom is -0.495 e. The zero-order valence-corrected chi connectivity index (χ0v) is 8.53. The van der Waals surface area contributed by atoms with E-state index in [1.165, 1.54) is 0 Å². The Hall–Kier alpha value is -1.74. The van der Waals surface area contributed by atoms with E-state index in [1.54, 1.807) is 7.11 Å². The number of rotatable bonds is 2. The van der Waals surface area contributed by atoms with Crippen LogP contribution in [0, 0.1) is 0 Å². The molecule has 0 aliphatic rings. The van der Waals surface area contributed by atoms with Gasteiger partial charge in [-0.25, -0.2) is 0 Å². The normalized spacial score (nSPS) is 10.5. The molecule has 0 aliphatic carbocycles. The predicted molar refractivity (Wildman–Crippen MR) is 60.8 cm³/mol. The Morgan fingerprint density at radius 2 is 2.00 bits per heavy atom. The number of benzene rings is 2. The minimum absolute atomic E-state index is 0.0435. The maximum atomic E-state index is 9.01. The van der Waals surface area contributed by atoms with E-state index in [0.29, 0.717) is 11.4 Å². The lowest BCUT2D eigenvalue weighted by molar-refractivity contribution is 0.282. The minimum atomic E-state index is 0.0435. The number of methoxy groups -OCH3 is 1. The van der Waals surface area contributed by atoms with Gasteiger partial charge in [0.05, 0.1) is 19.4 Å². The Labute approximate surface area is 88.1 Å². The predicted octanol–water partition coefficient (Wildman–Crippen LogP) is 1.92. The van der Waals surface area contributed by atoms with Crippen LogP contribution in [0.2, 0.25) is 0 Å². The average Bonchev–Trinajstić information content (AvgIpc) is 2.27. The van der Waals surface area contributed by atoms with Crippen LogP contribution in [0.1, 0.15) is 5.56 Å². The summed E-state index contributed by atoms with van der Waals surface area (Å²) in [5, 5.41) is 11.1. The van der Waals surface area contributed by atoms with Crippen molar-refractivity contribution < 1.29 is 9.84 Å². The molecule has 0 saturated carbocycles. The number of fused-ring (bicyclic) bond motifs is 1. The summed E-state index contributed by atoms with van der Waals surface area (Å²) in [6, 6.07) is 9.51. The molecule has 0 amide bonds. The summed E-state index contributed by atoms with van der Waals surface area (Å²) >= 11 is 0. The van der Waals surface area contributed by atoms with E-state index in [-0.39, 0.29) is 6.61 Å². The van der Waals surface area contributed by atoms with Crippen molar-refractivity contribution in [3.05, 3.63) is 35.9 Å². The van der Waals surface area contributed by atoms with Gasteiger partial charge in [-0.1, -0.05) is 12.1 Å². The molecule has 0 fully saturated rings. The van der Waals surface area contributed by atoms with Crippen molar-refractivity contribution in [3.63, 3.8) is 0 Å². The summed E-state index contributed by atoms with van der Waals surface area (Å²) in [4.78, 5) is 0. The van der Waals surface area contributed by atoms with E-state index in [4.69, 9.17) is 15.6 Å². The Balaban J connectivity index is 2.65. The largest absolute Gasteiger partial charge is 0.495 e. The molecule has 15 heavy (non-hydrogen) atoms. The molecule has 0 atom stereocenters. The lowest BCUT2D eigenvalue weighted by Crippen LogP contribution is -1.92. The Bertz CT molecular complexity index is 494. The highest BCUT2D eigenvalue weighted by atomic mass is 16.5. The van der Waals surface area contributed by atoms with Crippen LogP contribution in [-0.4, -0.2) is 12.2 Å². The van der Waals surface area contributed by atoms with Gasteiger partial charge in [-0.2, -0.15) is 0 Å². The molecule has 0 aromatic heterocycles. The van der Waals surface area contributed by atoms with Crippen LogP contribution in [0.5, 0.6) is 5.75 Å². The molecule has 0 aliphatic heterocycles. The summed E-state index contributed by atoms with van der Waals surface area (Å²) in [6.45, 7) is 0.0435. The highest BCUT2D eigenvalue weighted by Gasteiger charge is 2.02. The van der Waals surface area contributed by atoms with Gasteiger partial charge in [0.2, 0.25) is 0 Å². The molecule has 2 aromatic carbocycles. The summed E-state index contributed by atoms with van der Waals surface area (Å²) < 4.78 is 5.14. The highest BCUT2D eigenvalue weighted by molar-refractivity contribution is 5.88. The Morgan fingerprint density at radius 3 is 2.67 bits per heavy atom. The Morgan fingerprint density at radius 1 is 1.20 bits per heavy atom. The number of nitrogens with two attached hydrogens (primary N) is 1. The van der Waals surface area contributed by atoms with Crippen molar-refractivity contribution in [1.29, 1.82) is 0 Å². The molecule has 78 valence electrons. The van der Waals surface area contributed by atoms with Gasteiger partial charge in [0.15, 0.2) is 0 Å². The lowest BCUT2D eigenvalue weighted by atomic mass is 10.1. The van der Waals surface area contributed by atoms with Crippen molar-refractivity contribution in [2.24, 2.45) is 0 Å². The topological polar surface area (TPSA) is 55.5 Å². The maximum Gasteiger partial charge on any atom is 0.142 e. The second-order valence-corrected chi connectivity index (χ2v) is 3.43. The zero-order valence-electron chi connectivity index (χ0n) is 8.53. The fourth-order valence-electron chi connectivity index (χ4n) is 1.62. The smallest absolute Gasteiger partial charge is 0.142 e. The number of ether oxygens (including phenoxy) is 1. The molecular weight excluding hydrogens is 190 g/mol. The number of hydrogen-bond acceptors (Lipinski definition) is 3. The van der Waals surface area contributed by atoms with Crippen molar-refractivity contribution in [1.82, 2.24) is 0 Å². The first-order chi connectivity index (χ1) is 7.24. The first kappa shape index (κ1) is 9.80. The number of nitrogen functional groups attached to an aromatic ring is 1. The molecule has 0 bridgehead atoms. The SMILES string of the molecule is COc1cc2ccc(CO)cc2cc1N. The fourth-order valence-corrected chi connectivity index (χ4v) is 1.62. The molecule has 3 N–H and O–H groups in total. The molecule has 0 radical (unpaired) electrons. The third-order valence-corrected chi connectivity index (χ3v) is 2.44. The van der Waals surface area contributed by atoms with Gasteiger partial charge in [0.25, 0.3) is 0 Å². The number of aliphatic hydroxyl groups is 1. The van der Waals surface area contributed by atoms with E-state index < -0.39 is 0 Å². The van der Waals surface area contributed by atoms with Gasteiger partial charge in [-0.15, -0.1) is 0 Å². The van der Waals surface area contributed by atoms with Crippen LogP contribution in [0.3, 0.4) is 0 Å². The van der Waals surface area contributed by atoms with E-state index in [0.717, 1.165) is 16.3 Å². The third kappa shape index (κ3) is 1.74. The van der Waals surface area contributed by atoms with Crippen LogP contribution >= 0.6 is 0 Å². The molecule has 0 spiro atoms. The van der Waals surface area contributed by atoms with Crippen molar-refractivity contribution in [3.8, 4) is 5.75 Å². The van der Waals surface area contributed by atoms with Gasteiger partial charge < -0.3 is 15.6 Å². The highest BCUT2D eigenvalue weighted by Crippen LogP contribution is 2.28. The molecule has 0 saturated heterocycles. The zero-order chi connectivity index (χ0) is 10.8. The average molecular weight is 203 g/mol. The van der Waals surface area contributed by atoms with Gasteiger partial charge >= 0.3 is 0 Å². The van der Waals surface area contributed by atoms with Crippen molar-refractivity contribution in [2.75, 3.05) is 12.8 Å². The monoisotopic (exact) mass is 203 g/mol. The van der Waals surface area contributed by atoms with Crippen molar-refractivity contribution in [2.45, 2.75) is 6.61 Å². The number of aliphatic hydroxyl groups excluding tert-OH is 1. The van der Waals surface area contributed by atoms with Crippen LogP contribution in [0.15, 0.2) is 30.3 Å². The van der Waals surface area contributed by atoms with E-state index in [2.05, 4.69) is 0 Å². The molecular formula is C12H13NO2. The standard InChI is InChI=1S/C12H13NO2/c1-15-12-6-9-3-2-8(7-14)4-10(9)5-11(12)13/h2-6,14H,7,13H2,1H3. The fraction of sp³-hybridized carbons (Fsp3) is 0.167. The maximum absolute atomic E-state index is 9.01. The van der Waals surface area contributed by atoms with E-state index >= 15 is 0 Å². The van der Waals surface area contributed by atoms with Crippen LogP contribution in [0.25, 0.3) is 10.8 Å². The molecule has 2 rings (SSSR count). The number of hydrogen-bond donors (Lipinski definition) is 2. The number of anilines is 1. The molecule has 2 aromatic rings. The quantitative estimate of drug-likeness (QED) is 0.733. The molecule has 0 unspecified atom stereocenters. The van der Waals surface area contributed by atoms with Crippen LogP contribution < -0.4 is 10.5 Å². The summed E-state index contributed by atoms with van der Waals surface area (Å²) in [7, 11) is 1.60. The van der Waals surface area contributed by atoms with Gasteiger partial charge in [-0.05, 0) is 34.5 Å². The van der Waals surface area contributed by atoms with E-state index in [9.17, 15) is 0 Å². The van der Waals surface area contributed by atoms with Crippen LogP contribution in [-0.2, 0) is 6.61 Å². The van der Waals surface area contributed by atoms with Gasteiger partial charge in [0, 0.05) is 0 Å². The molecule has 3 nitrogen and oxygen atoms in total. The molecule has 3 heteroatoms. The van der Waals surface area contributed by atoms with Crippen LogP contribution in [0.4, 0.5) is 5.69 Å². The second kappa shape index (κ2) is 3.79. The third-order valence-electron chi connectivity index (χ3n) is 2.44.